The van der Waals surface area contributed by atoms with Gasteiger partial charge in [0.15, 0.2) is 0 Å². The van der Waals surface area contributed by atoms with Gasteiger partial charge in [-0.3, -0.25) is 25.0 Å². The van der Waals surface area contributed by atoms with Crippen molar-refractivity contribution >= 4 is 17.3 Å². The second kappa shape index (κ2) is 6.44. The van der Waals surface area contributed by atoms with Crippen molar-refractivity contribution in [2.24, 2.45) is 0 Å². The van der Waals surface area contributed by atoms with Crippen LogP contribution in [0, 0.1) is 26.8 Å². The number of hydrogen-bond acceptors (Lipinski definition) is 5. The fraction of sp³-hybridized carbons (Fsp3) is 0. The maximum Gasteiger partial charge on any atom is 0.277 e. The van der Waals surface area contributed by atoms with Crippen LogP contribution < -0.4 is 5.32 Å². The summed E-state index contributed by atoms with van der Waals surface area (Å²) >= 11 is 0. The first-order chi connectivity index (χ1) is 10.5. The zero-order valence-electron chi connectivity index (χ0n) is 11.1. The minimum absolute atomic E-state index is 0.159. The summed E-state index contributed by atoms with van der Waals surface area (Å²) in [5.74, 6) is -0.671. The minimum atomic E-state index is -0.787. The summed E-state index contributed by atoms with van der Waals surface area (Å²) in [7, 11) is 0. The molecule has 0 heterocycles. The standard InChI is InChI=1S/C14H10N3O5/c18-14(15-9-10-4-2-1-3-5-10)11-6-12(16(19)20)8-13(7-11)17(21)22/h1-9H,(H,15,18). The van der Waals surface area contributed by atoms with E-state index < -0.39 is 27.1 Å². The van der Waals surface area contributed by atoms with Gasteiger partial charge in [0.05, 0.1) is 28.0 Å². The van der Waals surface area contributed by atoms with Gasteiger partial charge in [-0.05, 0) is 5.56 Å². The molecule has 0 bridgehead atoms. The molecule has 2 rings (SSSR count). The van der Waals surface area contributed by atoms with Gasteiger partial charge in [0.1, 0.15) is 0 Å². The molecule has 0 unspecified atom stereocenters. The number of hydrogen-bond donors (Lipinski definition) is 1. The first kappa shape index (κ1) is 15.1. The average molecular weight is 300 g/mol. The summed E-state index contributed by atoms with van der Waals surface area (Å²) < 4.78 is 0. The van der Waals surface area contributed by atoms with Gasteiger partial charge in [-0.1, -0.05) is 30.3 Å². The van der Waals surface area contributed by atoms with Crippen LogP contribution in [0.2, 0.25) is 0 Å². The Hall–Kier alpha value is -3.29. The quantitative estimate of drug-likeness (QED) is 0.672. The Bertz CT molecular complexity index is 698. The number of amides is 1. The molecule has 0 atom stereocenters. The van der Waals surface area contributed by atoms with Crippen LogP contribution in [-0.4, -0.2) is 15.8 Å². The molecule has 8 heteroatoms. The van der Waals surface area contributed by atoms with Crippen molar-refractivity contribution in [3.63, 3.8) is 0 Å². The molecular weight excluding hydrogens is 290 g/mol. The lowest BCUT2D eigenvalue weighted by Crippen LogP contribution is -2.21. The van der Waals surface area contributed by atoms with Crippen molar-refractivity contribution in [2.75, 3.05) is 0 Å². The van der Waals surface area contributed by atoms with Gasteiger partial charge in [0.25, 0.3) is 17.3 Å². The third-order valence-corrected chi connectivity index (χ3v) is 2.76. The number of nitrogens with zero attached hydrogens (tertiary/aromatic N) is 2. The molecule has 1 radical (unpaired) electrons. The second-order valence-electron chi connectivity index (χ2n) is 4.28. The third kappa shape index (κ3) is 3.63. The topological polar surface area (TPSA) is 115 Å². The van der Waals surface area contributed by atoms with Gasteiger partial charge in [0, 0.05) is 12.1 Å². The zero-order chi connectivity index (χ0) is 16.1. The Kier molecular flexibility index (Phi) is 4.42. The molecule has 0 saturated carbocycles. The third-order valence-electron chi connectivity index (χ3n) is 2.76. The van der Waals surface area contributed by atoms with E-state index in [-0.39, 0.29) is 5.56 Å². The van der Waals surface area contributed by atoms with Gasteiger partial charge in [-0.15, -0.1) is 0 Å². The first-order valence-corrected chi connectivity index (χ1v) is 6.10. The summed E-state index contributed by atoms with van der Waals surface area (Å²) in [4.78, 5) is 32.0. The molecule has 2 aromatic rings. The van der Waals surface area contributed by atoms with Crippen LogP contribution in [-0.2, 0) is 0 Å². The first-order valence-electron chi connectivity index (χ1n) is 6.10. The van der Waals surface area contributed by atoms with E-state index in [0.717, 1.165) is 23.8 Å². The van der Waals surface area contributed by atoms with E-state index in [1.54, 1.807) is 24.3 Å². The number of rotatable bonds is 5. The van der Waals surface area contributed by atoms with Crippen molar-refractivity contribution in [3.8, 4) is 0 Å². The Morgan fingerprint density at radius 2 is 1.50 bits per heavy atom. The SMILES string of the molecule is O=C(N[CH]c1ccccc1)c1cc([N+](=O)[O-])cc([N+](=O)[O-])c1. The highest BCUT2D eigenvalue weighted by Crippen LogP contribution is 2.22. The number of nitrogens with one attached hydrogen (secondary N) is 1. The van der Waals surface area contributed by atoms with E-state index in [0.29, 0.717) is 0 Å². The molecule has 0 aliphatic carbocycles. The summed E-state index contributed by atoms with van der Waals surface area (Å²) in [6, 6.07) is 11.6. The summed E-state index contributed by atoms with van der Waals surface area (Å²) in [5.41, 5.74) is -0.470. The molecule has 22 heavy (non-hydrogen) atoms. The molecule has 0 aromatic heterocycles. The highest BCUT2D eigenvalue weighted by atomic mass is 16.6. The lowest BCUT2D eigenvalue weighted by atomic mass is 10.1. The maximum atomic E-state index is 12.0. The van der Waals surface area contributed by atoms with Crippen LogP contribution in [0.5, 0.6) is 0 Å². The van der Waals surface area contributed by atoms with Crippen molar-refractivity contribution in [3.05, 3.63) is 86.4 Å². The Morgan fingerprint density at radius 3 is 2.00 bits per heavy atom. The lowest BCUT2D eigenvalue weighted by molar-refractivity contribution is -0.394. The predicted molar refractivity (Wildman–Crippen MR) is 77.1 cm³/mol. The van der Waals surface area contributed by atoms with Crippen LogP contribution in [0.25, 0.3) is 0 Å². The van der Waals surface area contributed by atoms with Gasteiger partial charge in [-0.25, -0.2) is 0 Å². The highest BCUT2D eigenvalue weighted by molar-refractivity contribution is 5.96. The summed E-state index contributed by atoms with van der Waals surface area (Å²) in [6.07, 6.45) is 0. The fourth-order valence-corrected chi connectivity index (χ4v) is 1.72. The smallest absolute Gasteiger partial charge is 0.277 e. The average Bonchev–Trinajstić information content (AvgIpc) is 2.53. The molecule has 8 nitrogen and oxygen atoms in total. The van der Waals surface area contributed by atoms with Crippen molar-refractivity contribution < 1.29 is 14.6 Å². The molecule has 1 N–H and O–H groups in total. The number of nitro groups is 2. The normalized spacial score (nSPS) is 10.0. The molecular formula is C14H10N3O5. The molecule has 111 valence electrons. The number of non-ortho nitro benzene ring substituents is 2. The summed E-state index contributed by atoms with van der Waals surface area (Å²) in [6.45, 7) is 1.41. The molecule has 0 fully saturated rings. The van der Waals surface area contributed by atoms with E-state index in [1.807, 2.05) is 6.07 Å². The second-order valence-corrected chi connectivity index (χ2v) is 4.28. The fourth-order valence-electron chi connectivity index (χ4n) is 1.72. The lowest BCUT2D eigenvalue weighted by Gasteiger charge is -2.05. The predicted octanol–water partition coefficient (Wildman–Crippen LogP) is 2.44. The van der Waals surface area contributed by atoms with Crippen LogP contribution >= 0.6 is 0 Å². The van der Waals surface area contributed by atoms with Crippen molar-refractivity contribution in [2.45, 2.75) is 0 Å². The molecule has 0 aliphatic rings. The maximum absolute atomic E-state index is 12.0. The van der Waals surface area contributed by atoms with Crippen LogP contribution in [0.1, 0.15) is 15.9 Å². The highest BCUT2D eigenvalue weighted by Gasteiger charge is 2.19. The molecule has 2 aromatic carbocycles. The van der Waals surface area contributed by atoms with Gasteiger partial charge in [0.2, 0.25) is 0 Å². The minimum Gasteiger partial charge on any atom is -0.343 e. The van der Waals surface area contributed by atoms with E-state index in [1.165, 1.54) is 6.54 Å². The van der Waals surface area contributed by atoms with Crippen LogP contribution in [0.15, 0.2) is 48.5 Å². The van der Waals surface area contributed by atoms with E-state index in [2.05, 4.69) is 5.32 Å². The number of benzene rings is 2. The van der Waals surface area contributed by atoms with Crippen molar-refractivity contribution in [1.29, 1.82) is 0 Å². The van der Waals surface area contributed by atoms with Gasteiger partial charge >= 0.3 is 0 Å². The summed E-state index contributed by atoms with van der Waals surface area (Å²) in [5, 5.41) is 24.0. The van der Waals surface area contributed by atoms with E-state index >= 15 is 0 Å². The Labute approximate surface area is 124 Å². The Balaban J connectivity index is 2.21. The number of nitro benzene ring substituents is 2. The van der Waals surface area contributed by atoms with Gasteiger partial charge < -0.3 is 5.32 Å². The largest absolute Gasteiger partial charge is 0.343 e. The van der Waals surface area contributed by atoms with Crippen LogP contribution in [0.4, 0.5) is 11.4 Å². The van der Waals surface area contributed by atoms with Gasteiger partial charge in [-0.2, -0.15) is 0 Å². The molecule has 0 saturated heterocycles. The number of carbonyl (C=O) groups excluding carboxylic acids is 1. The number of carbonyl (C=O) groups is 1. The van der Waals surface area contributed by atoms with E-state index in [4.69, 9.17) is 0 Å². The monoisotopic (exact) mass is 300 g/mol. The van der Waals surface area contributed by atoms with Crippen molar-refractivity contribution in [1.82, 2.24) is 5.32 Å². The molecule has 1 amide bonds. The molecule has 0 aliphatic heterocycles. The van der Waals surface area contributed by atoms with Crippen LogP contribution in [0.3, 0.4) is 0 Å². The molecule has 0 spiro atoms. The van der Waals surface area contributed by atoms with E-state index in [9.17, 15) is 25.0 Å². The Morgan fingerprint density at radius 1 is 0.955 bits per heavy atom. The zero-order valence-corrected chi connectivity index (χ0v) is 11.1.